The van der Waals surface area contributed by atoms with Crippen molar-refractivity contribution in [3.05, 3.63) is 18.1 Å². The highest BCUT2D eigenvalue weighted by Crippen LogP contribution is 2.66. The maximum absolute atomic E-state index is 3.40. The minimum absolute atomic E-state index is 0.391. The van der Waals surface area contributed by atoms with Gasteiger partial charge in [-0.3, -0.25) is 0 Å². The highest BCUT2D eigenvalue weighted by atomic mass is 14.6. The summed E-state index contributed by atoms with van der Waals surface area (Å²) in [5.74, 6) is 0. The van der Waals surface area contributed by atoms with Gasteiger partial charge in [0, 0.05) is 6.42 Å². The number of hydrogen-bond acceptors (Lipinski definition) is 0. The Morgan fingerprint density at radius 3 is 2.22 bits per heavy atom. The molecule has 0 N–H and O–H groups in total. The van der Waals surface area contributed by atoms with Gasteiger partial charge >= 0.3 is 0 Å². The molecule has 0 heteroatoms. The van der Waals surface area contributed by atoms with Crippen LogP contribution in [0.4, 0.5) is 0 Å². The Balaban J connectivity index is 2.42. The Bertz CT molecular complexity index is 182. The van der Waals surface area contributed by atoms with Crippen molar-refractivity contribution in [3.8, 4) is 0 Å². The van der Waals surface area contributed by atoms with Gasteiger partial charge in [0.15, 0.2) is 0 Å². The summed E-state index contributed by atoms with van der Waals surface area (Å²) >= 11 is 0. The minimum Gasteiger partial charge on any atom is -0.0761 e. The quantitative estimate of drug-likeness (QED) is 0.460. The van der Waals surface area contributed by atoms with Crippen LogP contribution in [-0.4, -0.2) is 0 Å². The predicted molar refractivity (Wildman–Crippen MR) is 37.8 cm³/mol. The first-order valence-electron chi connectivity index (χ1n) is 3.53. The molecule has 2 radical (unpaired) electrons. The van der Waals surface area contributed by atoms with Crippen molar-refractivity contribution in [3.63, 3.8) is 0 Å². The summed E-state index contributed by atoms with van der Waals surface area (Å²) in [4.78, 5) is 0. The van der Waals surface area contributed by atoms with Crippen LogP contribution in [0.1, 0.15) is 27.2 Å². The van der Waals surface area contributed by atoms with Crippen LogP contribution in [0.3, 0.4) is 0 Å². The molecule has 9 heavy (non-hydrogen) atoms. The Morgan fingerprint density at radius 1 is 1.44 bits per heavy atom. The molecule has 0 aromatic rings. The van der Waals surface area contributed by atoms with Crippen LogP contribution in [0.5, 0.6) is 0 Å². The zero-order valence-electron chi connectivity index (χ0n) is 6.28. The van der Waals surface area contributed by atoms with Crippen LogP contribution in [0.2, 0.25) is 0 Å². The number of hydrogen-bond donors (Lipinski definition) is 0. The van der Waals surface area contributed by atoms with E-state index in [4.69, 9.17) is 0 Å². The van der Waals surface area contributed by atoms with Gasteiger partial charge in [-0.2, -0.15) is 0 Å². The summed E-state index contributed by atoms with van der Waals surface area (Å²) < 4.78 is 0. The largest absolute Gasteiger partial charge is 0.0761 e. The van der Waals surface area contributed by atoms with Crippen LogP contribution < -0.4 is 0 Å². The molecule has 0 nitrogen and oxygen atoms in total. The molecular formula is C9H12. The molecule has 0 aromatic heterocycles. The third-order valence-corrected chi connectivity index (χ3v) is 3.29. The van der Waals surface area contributed by atoms with Gasteiger partial charge in [0.1, 0.15) is 0 Å². The van der Waals surface area contributed by atoms with E-state index in [0.29, 0.717) is 10.8 Å². The summed E-state index contributed by atoms with van der Waals surface area (Å²) in [6.07, 6.45) is 6.84. The Morgan fingerprint density at radius 2 is 2.11 bits per heavy atom. The van der Waals surface area contributed by atoms with Gasteiger partial charge in [0.05, 0.1) is 0 Å². The van der Waals surface area contributed by atoms with Gasteiger partial charge in [0.25, 0.3) is 0 Å². The van der Waals surface area contributed by atoms with Crippen molar-refractivity contribution in [1.82, 2.24) is 0 Å². The molecule has 1 atom stereocenters. The maximum Gasteiger partial charge on any atom is 0.0161 e. The molecule has 0 heterocycles. The molecule has 3 aliphatic carbocycles. The van der Waals surface area contributed by atoms with Crippen LogP contribution in [0.25, 0.3) is 0 Å². The van der Waals surface area contributed by atoms with E-state index in [1.807, 2.05) is 0 Å². The zero-order chi connectivity index (χ0) is 6.70. The maximum atomic E-state index is 3.40. The molecule has 3 aliphatic rings. The summed E-state index contributed by atoms with van der Waals surface area (Å²) in [7, 11) is 0. The van der Waals surface area contributed by atoms with E-state index in [2.05, 4.69) is 33.3 Å². The standard InChI is InChI=1S/C9H12/c1-8(2)7-4-5-9(8,3)6-7/h4H,6H2,1-3H3. The molecule has 0 aromatic carbocycles. The third kappa shape index (κ3) is 0.385. The molecule has 0 amide bonds. The van der Waals surface area contributed by atoms with E-state index in [0.717, 1.165) is 0 Å². The van der Waals surface area contributed by atoms with Crippen LogP contribution in [-0.2, 0) is 0 Å². The topological polar surface area (TPSA) is 0 Å². The van der Waals surface area contributed by atoms with E-state index in [9.17, 15) is 0 Å². The van der Waals surface area contributed by atoms with E-state index >= 15 is 0 Å². The monoisotopic (exact) mass is 120 g/mol. The molecule has 1 fully saturated rings. The molecule has 0 saturated heterocycles. The first kappa shape index (κ1) is 5.52. The molecule has 3 rings (SSSR count). The van der Waals surface area contributed by atoms with Crippen molar-refractivity contribution in [2.75, 3.05) is 0 Å². The van der Waals surface area contributed by atoms with E-state index in [1.54, 1.807) is 5.57 Å². The number of rotatable bonds is 0. The van der Waals surface area contributed by atoms with Gasteiger partial charge in [-0.05, 0) is 17.3 Å². The second-order valence-corrected chi connectivity index (χ2v) is 3.95. The highest BCUT2D eigenvalue weighted by Gasteiger charge is 2.56. The first-order chi connectivity index (χ1) is 4.06. The lowest BCUT2D eigenvalue weighted by atomic mass is 9.53. The average molecular weight is 120 g/mol. The van der Waals surface area contributed by atoms with Crippen molar-refractivity contribution >= 4 is 0 Å². The highest BCUT2D eigenvalue weighted by molar-refractivity contribution is 5.43. The number of fused-ring (bicyclic) bond motifs is 1. The summed E-state index contributed by atoms with van der Waals surface area (Å²) in [5, 5.41) is 0. The fourth-order valence-electron chi connectivity index (χ4n) is 1.78. The van der Waals surface area contributed by atoms with Crippen LogP contribution in [0.15, 0.2) is 11.6 Å². The number of allylic oxidation sites excluding steroid dienone is 2. The van der Waals surface area contributed by atoms with E-state index < -0.39 is 0 Å². The zero-order valence-corrected chi connectivity index (χ0v) is 6.28. The fraction of sp³-hybridized carbons (Fsp3) is 0.667. The van der Waals surface area contributed by atoms with Crippen molar-refractivity contribution < 1.29 is 0 Å². The van der Waals surface area contributed by atoms with Crippen molar-refractivity contribution in [2.45, 2.75) is 27.2 Å². The molecule has 1 unspecified atom stereocenters. The van der Waals surface area contributed by atoms with Gasteiger partial charge in [-0.25, -0.2) is 0 Å². The SMILES string of the molecule is CC12[C]C=C(C1)C2(C)C. The summed E-state index contributed by atoms with van der Waals surface area (Å²) in [5.41, 5.74) is 2.42. The van der Waals surface area contributed by atoms with Gasteiger partial charge in [-0.1, -0.05) is 32.4 Å². The van der Waals surface area contributed by atoms with Gasteiger partial charge in [-0.15, -0.1) is 0 Å². The van der Waals surface area contributed by atoms with Crippen molar-refractivity contribution in [1.29, 1.82) is 0 Å². The molecule has 1 saturated carbocycles. The lowest BCUT2D eigenvalue weighted by Gasteiger charge is -2.50. The third-order valence-electron chi connectivity index (χ3n) is 3.29. The van der Waals surface area contributed by atoms with Gasteiger partial charge in [0.2, 0.25) is 0 Å². The molecule has 0 aliphatic heterocycles. The second-order valence-electron chi connectivity index (χ2n) is 3.95. The summed E-state index contributed by atoms with van der Waals surface area (Å²) in [6, 6.07) is 0. The van der Waals surface area contributed by atoms with Crippen LogP contribution in [0, 0.1) is 17.3 Å². The van der Waals surface area contributed by atoms with E-state index in [-0.39, 0.29) is 0 Å². The Labute approximate surface area is 57.0 Å². The Kier molecular flexibility index (Phi) is 0.685. The van der Waals surface area contributed by atoms with Crippen molar-refractivity contribution in [2.24, 2.45) is 10.8 Å². The molecule has 0 spiro atoms. The average Bonchev–Trinajstić information content (AvgIpc) is 2.21. The van der Waals surface area contributed by atoms with Gasteiger partial charge < -0.3 is 0 Å². The minimum atomic E-state index is 0.391. The van der Waals surface area contributed by atoms with E-state index in [1.165, 1.54) is 6.42 Å². The first-order valence-corrected chi connectivity index (χ1v) is 3.53. The predicted octanol–water partition coefficient (Wildman–Crippen LogP) is 2.44. The normalized spacial score (nSPS) is 44.1. The lowest BCUT2D eigenvalue weighted by molar-refractivity contribution is 0.106. The fourth-order valence-corrected chi connectivity index (χ4v) is 1.78. The molecular weight excluding hydrogens is 108 g/mol. The van der Waals surface area contributed by atoms with Crippen LogP contribution >= 0.6 is 0 Å². The summed E-state index contributed by atoms with van der Waals surface area (Å²) in [6.45, 7) is 6.91. The molecule has 2 bridgehead atoms. The lowest BCUT2D eigenvalue weighted by Crippen LogP contribution is -2.42. The second kappa shape index (κ2) is 1.12. The Hall–Kier alpha value is -0.260. The smallest absolute Gasteiger partial charge is 0.0161 e. The molecule has 48 valence electrons.